The minimum Gasteiger partial charge on any atom is -0.503 e. The third-order valence-electron chi connectivity index (χ3n) is 5.45. The number of pyridine rings is 1. The number of fused-ring (bicyclic) bond motifs is 1. The lowest BCUT2D eigenvalue weighted by molar-refractivity contribution is -0.117. The molecular weight excluding hydrogens is 488 g/mol. The number of rotatable bonds is 5. The highest BCUT2D eigenvalue weighted by atomic mass is 79.9. The van der Waals surface area contributed by atoms with Crippen molar-refractivity contribution < 1.29 is 23.8 Å². The second kappa shape index (κ2) is 8.22. The quantitative estimate of drug-likeness (QED) is 0.366. The number of aromatic nitrogens is 1. The molecule has 1 unspecified atom stereocenters. The maximum Gasteiger partial charge on any atom is 0.294 e. The number of nitrogens with zero attached hydrogens (tertiary/aromatic N) is 2. The molecule has 5 rings (SSSR count). The number of methoxy groups -OCH3 is 1. The number of ketones is 1. The van der Waals surface area contributed by atoms with Crippen LogP contribution in [0.2, 0.25) is 0 Å². The van der Waals surface area contributed by atoms with E-state index < -0.39 is 23.5 Å². The summed E-state index contributed by atoms with van der Waals surface area (Å²) in [5, 5.41) is 11.6. The van der Waals surface area contributed by atoms with E-state index in [0.717, 1.165) is 9.86 Å². The molecule has 8 heteroatoms. The van der Waals surface area contributed by atoms with E-state index >= 15 is 0 Å². The van der Waals surface area contributed by atoms with Crippen LogP contribution in [0, 0.1) is 0 Å². The summed E-state index contributed by atoms with van der Waals surface area (Å²) in [6.45, 7) is 0. The maximum atomic E-state index is 13.6. The number of aliphatic hydroxyl groups excluding tert-OH is 1. The second-order valence-electron chi connectivity index (χ2n) is 7.42. The van der Waals surface area contributed by atoms with Crippen LogP contribution in [0.3, 0.4) is 0 Å². The van der Waals surface area contributed by atoms with Crippen molar-refractivity contribution in [1.82, 2.24) is 4.98 Å². The van der Waals surface area contributed by atoms with Crippen LogP contribution in [0.15, 0.2) is 93.1 Å². The molecular formula is C25H17BrN2O5. The molecule has 4 aromatic rings. The fraction of sp³-hybridized carbons (Fsp3) is 0.0800. The van der Waals surface area contributed by atoms with Crippen molar-refractivity contribution in [3.8, 4) is 5.75 Å². The Balaban J connectivity index is 1.65. The van der Waals surface area contributed by atoms with Gasteiger partial charge in [0.05, 0.1) is 18.4 Å². The largest absolute Gasteiger partial charge is 0.503 e. The second-order valence-corrected chi connectivity index (χ2v) is 8.33. The van der Waals surface area contributed by atoms with Gasteiger partial charge >= 0.3 is 0 Å². The Labute approximate surface area is 197 Å². The number of aliphatic hydroxyl groups is 1. The maximum absolute atomic E-state index is 13.6. The van der Waals surface area contributed by atoms with Crippen LogP contribution in [0.4, 0.5) is 5.69 Å². The lowest BCUT2D eigenvalue weighted by Gasteiger charge is -2.26. The van der Waals surface area contributed by atoms with Crippen molar-refractivity contribution in [2.24, 2.45) is 0 Å². The van der Waals surface area contributed by atoms with Crippen molar-refractivity contribution >= 4 is 44.3 Å². The van der Waals surface area contributed by atoms with Crippen LogP contribution in [0.5, 0.6) is 5.75 Å². The molecule has 1 atom stereocenters. The van der Waals surface area contributed by atoms with E-state index in [1.54, 1.807) is 66.9 Å². The van der Waals surface area contributed by atoms with Gasteiger partial charge in [0.2, 0.25) is 5.78 Å². The molecule has 0 aliphatic carbocycles. The summed E-state index contributed by atoms with van der Waals surface area (Å²) in [6, 6.07) is 18.0. The van der Waals surface area contributed by atoms with Crippen LogP contribution in [-0.4, -0.2) is 28.9 Å². The summed E-state index contributed by atoms with van der Waals surface area (Å²) in [4.78, 5) is 32.5. The number of hydrogen-bond acceptors (Lipinski definition) is 6. The monoisotopic (exact) mass is 504 g/mol. The fourth-order valence-electron chi connectivity index (χ4n) is 3.94. The predicted octanol–water partition coefficient (Wildman–Crippen LogP) is 5.38. The number of amides is 1. The summed E-state index contributed by atoms with van der Waals surface area (Å²) in [5.41, 5.74) is 1.31. The number of carbonyl (C=O) groups is 2. The van der Waals surface area contributed by atoms with E-state index in [1.807, 2.05) is 6.07 Å². The van der Waals surface area contributed by atoms with Gasteiger partial charge in [-0.3, -0.25) is 19.5 Å². The van der Waals surface area contributed by atoms with Crippen LogP contribution < -0.4 is 9.64 Å². The molecule has 2 aromatic heterocycles. The summed E-state index contributed by atoms with van der Waals surface area (Å²) in [5.74, 6) is -1.39. The summed E-state index contributed by atoms with van der Waals surface area (Å²) in [6.07, 6.45) is 1.57. The zero-order valence-corrected chi connectivity index (χ0v) is 18.9. The van der Waals surface area contributed by atoms with Gasteiger partial charge in [0, 0.05) is 27.8 Å². The van der Waals surface area contributed by atoms with Crippen LogP contribution in [0.25, 0.3) is 11.0 Å². The SMILES string of the molecule is COc1cccc(N2C(=O)C(O)=C(C(=O)c3cc4cc(Br)ccc4o3)C2c2ccccn2)c1. The van der Waals surface area contributed by atoms with Crippen molar-refractivity contribution in [1.29, 1.82) is 0 Å². The number of carbonyl (C=O) groups excluding carboxylic acids is 2. The number of ether oxygens (including phenoxy) is 1. The van der Waals surface area contributed by atoms with Crippen molar-refractivity contribution in [3.63, 3.8) is 0 Å². The summed E-state index contributed by atoms with van der Waals surface area (Å²) < 4.78 is 11.9. The summed E-state index contributed by atoms with van der Waals surface area (Å²) >= 11 is 3.40. The van der Waals surface area contributed by atoms with Crippen molar-refractivity contribution in [3.05, 3.63) is 100 Å². The van der Waals surface area contributed by atoms with Gasteiger partial charge in [0.15, 0.2) is 11.5 Å². The van der Waals surface area contributed by atoms with Crippen LogP contribution in [0.1, 0.15) is 22.3 Å². The van der Waals surface area contributed by atoms with Crippen molar-refractivity contribution in [2.75, 3.05) is 12.0 Å². The first-order valence-electron chi connectivity index (χ1n) is 10.0. The molecule has 1 aliphatic heterocycles. The van der Waals surface area contributed by atoms with Gasteiger partial charge in [-0.2, -0.15) is 0 Å². The van der Waals surface area contributed by atoms with Crippen LogP contribution in [-0.2, 0) is 4.79 Å². The Morgan fingerprint density at radius 2 is 1.97 bits per heavy atom. The number of furan rings is 1. The minimum atomic E-state index is -0.946. The standard InChI is InChI=1S/C25H17BrN2O5/c1-32-17-6-4-5-16(13-17)28-22(18-7-2-3-10-27-18)21(24(30)25(28)31)23(29)20-12-14-11-15(26)8-9-19(14)33-20/h2-13,22,30H,1H3. The third kappa shape index (κ3) is 3.58. The molecule has 1 N–H and O–H groups in total. The van der Waals surface area contributed by atoms with E-state index in [9.17, 15) is 14.7 Å². The molecule has 164 valence electrons. The smallest absolute Gasteiger partial charge is 0.294 e. The van der Waals surface area contributed by atoms with E-state index in [4.69, 9.17) is 9.15 Å². The highest BCUT2D eigenvalue weighted by molar-refractivity contribution is 9.10. The Bertz CT molecular complexity index is 1430. The Hall–Kier alpha value is -3.91. The van der Waals surface area contributed by atoms with E-state index in [-0.39, 0.29) is 11.3 Å². The third-order valence-corrected chi connectivity index (χ3v) is 5.95. The highest BCUT2D eigenvalue weighted by Crippen LogP contribution is 2.42. The molecule has 2 aromatic carbocycles. The molecule has 0 bridgehead atoms. The average Bonchev–Trinajstić information content (AvgIpc) is 3.37. The lowest BCUT2D eigenvalue weighted by atomic mass is 9.98. The summed E-state index contributed by atoms with van der Waals surface area (Å²) in [7, 11) is 1.52. The van der Waals surface area contributed by atoms with E-state index in [1.165, 1.54) is 12.0 Å². The first-order chi connectivity index (χ1) is 16.0. The van der Waals surface area contributed by atoms with Gasteiger partial charge < -0.3 is 14.3 Å². The van der Waals surface area contributed by atoms with Gasteiger partial charge in [-0.25, -0.2) is 0 Å². The number of Topliss-reactive ketones (excluding diaryl/α,β-unsaturated/α-hetero) is 1. The lowest BCUT2D eigenvalue weighted by Crippen LogP contribution is -2.31. The van der Waals surface area contributed by atoms with Crippen molar-refractivity contribution in [2.45, 2.75) is 6.04 Å². The van der Waals surface area contributed by atoms with E-state index in [2.05, 4.69) is 20.9 Å². The normalized spacial score (nSPS) is 16.0. The first kappa shape index (κ1) is 21.0. The van der Waals surface area contributed by atoms with Gasteiger partial charge in [-0.1, -0.05) is 28.1 Å². The molecule has 3 heterocycles. The van der Waals surface area contributed by atoms with Gasteiger partial charge in [-0.05, 0) is 48.5 Å². The minimum absolute atomic E-state index is 0.0193. The highest BCUT2D eigenvalue weighted by Gasteiger charge is 2.46. The number of halogens is 1. The fourth-order valence-corrected chi connectivity index (χ4v) is 4.32. The molecule has 1 aliphatic rings. The number of hydrogen-bond donors (Lipinski definition) is 1. The van der Waals surface area contributed by atoms with Gasteiger partial charge in [-0.15, -0.1) is 0 Å². The molecule has 7 nitrogen and oxygen atoms in total. The molecule has 0 saturated heterocycles. The van der Waals surface area contributed by atoms with Gasteiger partial charge in [0.1, 0.15) is 17.4 Å². The molecule has 0 spiro atoms. The Morgan fingerprint density at radius 1 is 1.12 bits per heavy atom. The zero-order chi connectivity index (χ0) is 23.1. The molecule has 1 amide bonds. The first-order valence-corrected chi connectivity index (χ1v) is 10.8. The van der Waals surface area contributed by atoms with E-state index in [0.29, 0.717) is 22.7 Å². The Morgan fingerprint density at radius 3 is 2.73 bits per heavy atom. The Kier molecular flexibility index (Phi) is 5.22. The molecule has 0 fully saturated rings. The molecule has 0 saturated carbocycles. The van der Waals surface area contributed by atoms with Crippen LogP contribution >= 0.6 is 15.9 Å². The predicted molar refractivity (Wildman–Crippen MR) is 125 cm³/mol. The topological polar surface area (TPSA) is 92.9 Å². The average molecular weight is 505 g/mol. The molecule has 33 heavy (non-hydrogen) atoms. The number of anilines is 1. The number of benzene rings is 2. The molecule has 0 radical (unpaired) electrons. The van der Waals surface area contributed by atoms with Gasteiger partial charge in [0.25, 0.3) is 5.91 Å². The zero-order valence-electron chi connectivity index (χ0n) is 17.4.